The van der Waals surface area contributed by atoms with Crippen LogP contribution >= 0.6 is 0 Å². The SMILES string of the molecule is COc1ccc(CN2C(=O)C3(CC(C)NC(c4cn(C)nn4)C3)c3ccc(C(F)(F)F)cc32)cc1. The minimum Gasteiger partial charge on any atom is -0.497 e. The number of nitrogens with zero attached hydrogens (tertiary/aromatic N) is 4. The number of rotatable bonds is 4. The molecule has 7 nitrogen and oxygen atoms in total. The fourth-order valence-corrected chi connectivity index (χ4v) is 5.41. The van der Waals surface area contributed by atoms with Gasteiger partial charge in [-0.1, -0.05) is 23.4 Å². The minimum absolute atomic E-state index is 0.0595. The molecule has 10 heteroatoms. The molecule has 2 aliphatic heterocycles. The van der Waals surface area contributed by atoms with Crippen molar-refractivity contribution in [2.75, 3.05) is 12.0 Å². The molecule has 1 N–H and O–H groups in total. The van der Waals surface area contributed by atoms with Crippen molar-refractivity contribution in [2.45, 2.75) is 50.0 Å². The van der Waals surface area contributed by atoms with Crippen LogP contribution in [0.15, 0.2) is 48.7 Å². The zero-order valence-corrected chi connectivity index (χ0v) is 19.6. The van der Waals surface area contributed by atoms with E-state index in [1.54, 1.807) is 37.2 Å². The summed E-state index contributed by atoms with van der Waals surface area (Å²) in [5, 5.41) is 11.7. The number of methoxy groups -OCH3 is 1. The van der Waals surface area contributed by atoms with Crippen LogP contribution in [0.2, 0.25) is 0 Å². The molecule has 0 bridgehead atoms. The second-order valence-corrected chi connectivity index (χ2v) is 9.40. The van der Waals surface area contributed by atoms with E-state index in [1.807, 2.05) is 19.1 Å². The van der Waals surface area contributed by atoms with Crippen molar-refractivity contribution in [3.8, 4) is 5.75 Å². The van der Waals surface area contributed by atoms with Crippen molar-refractivity contribution >= 4 is 11.6 Å². The van der Waals surface area contributed by atoms with Gasteiger partial charge in [0.25, 0.3) is 0 Å². The van der Waals surface area contributed by atoms with Gasteiger partial charge in [-0.15, -0.1) is 5.10 Å². The maximum Gasteiger partial charge on any atom is 0.416 e. The number of carbonyl (C=O) groups is 1. The maximum absolute atomic E-state index is 14.1. The lowest BCUT2D eigenvalue weighted by atomic mass is 9.69. The molecule has 5 rings (SSSR count). The number of aromatic nitrogens is 3. The average Bonchev–Trinajstić information content (AvgIpc) is 3.34. The average molecular weight is 486 g/mol. The predicted octanol–water partition coefficient (Wildman–Crippen LogP) is 4.14. The van der Waals surface area contributed by atoms with Crippen molar-refractivity contribution in [1.82, 2.24) is 20.3 Å². The Hall–Kier alpha value is -3.40. The Morgan fingerprint density at radius 3 is 2.54 bits per heavy atom. The molecule has 3 aromatic rings. The number of halogens is 3. The summed E-state index contributed by atoms with van der Waals surface area (Å²) in [7, 11) is 3.33. The number of hydrogen-bond donors (Lipinski definition) is 1. The minimum atomic E-state index is -4.51. The zero-order chi connectivity index (χ0) is 25.0. The van der Waals surface area contributed by atoms with Crippen LogP contribution in [0.1, 0.15) is 48.2 Å². The molecule has 1 fully saturated rings. The number of piperidine rings is 1. The number of carbonyl (C=O) groups excluding carboxylic acids is 1. The summed E-state index contributed by atoms with van der Waals surface area (Å²) in [6.45, 7) is 2.14. The van der Waals surface area contributed by atoms with Gasteiger partial charge in [-0.3, -0.25) is 9.48 Å². The van der Waals surface area contributed by atoms with Gasteiger partial charge in [0.2, 0.25) is 5.91 Å². The third-order valence-corrected chi connectivity index (χ3v) is 6.96. The molecule has 3 heterocycles. The second kappa shape index (κ2) is 8.37. The van der Waals surface area contributed by atoms with E-state index >= 15 is 0 Å². The smallest absolute Gasteiger partial charge is 0.416 e. The van der Waals surface area contributed by atoms with Crippen molar-refractivity contribution in [3.63, 3.8) is 0 Å². The van der Waals surface area contributed by atoms with E-state index in [4.69, 9.17) is 4.74 Å². The molecular weight excluding hydrogens is 459 g/mol. The Balaban J connectivity index is 1.59. The molecule has 35 heavy (non-hydrogen) atoms. The molecule has 0 radical (unpaired) electrons. The number of hydrogen-bond acceptors (Lipinski definition) is 5. The van der Waals surface area contributed by atoms with E-state index in [0.29, 0.717) is 35.5 Å². The molecule has 1 spiro atoms. The first kappa shape index (κ1) is 23.3. The predicted molar refractivity (Wildman–Crippen MR) is 123 cm³/mol. The largest absolute Gasteiger partial charge is 0.497 e. The lowest BCUT2D eigenvalue weighted by Gasteiger charge is -2.40. The maximum atomic E-state index is 14.1. The molecular formula is C25H26F3N5O2. The Morgan fingerprint density at radius 1 is 1.17 bits per heavy atom. The van der Waals surface area contributed by atoms with Gasteiger partial charge >= 0.3 is 6.18 Å². The fraction of sp³-hybridized carbons (Fsp3) is 0.400. The molecule has 0 saturated carbocycles. The standard InChI is InChI=1S/C25H26F3N5O2/c1-15-11-24(12-20(29-15)21-14-32(2)31-30-21)19-9-6-17(25(26,27)28)10-22(19)33(23(24)34)13-16-4-7-18(35-3)8-5-16/h4-10,14-15,20,29H,11-13H2,1-3H3. The van der Waals surface area contributed by atoms with Gasteiger partial charge in [0.05, 0.1) is 36.4 Å². The van der Waals surface area contributed by atoms with E-state index in [-0.39, 0.29) is 24.5 Å². The van der Waals surface area contributed by atoms with Gasteiger partial charge in [-0.05, 0) is 55.2 Å². The number of aryl methyl sites for hydroxylation is 1. The van der Waals surface area contributed by atoms with Gasteiger partial charge in [0.1, 0.15) is 5.75 Å². The van der Waals surface area contributed by atoms with Gasteiger partial charge in [-0.25, -0.2) is 0 Å². The van der Waals surface area contributed by atoms with Crippen LogP contribution in [0.5, 0.6) is 5.75 Å². The Morgan fingerprint density at radius 2 is 1.91 bits per heavy atom. The summed E-state index contributed by atoms with van der Waals surface area (Å²) in [5.74, 6) is 0.474. The Labute approximate surface area is 200 Å². The molecule has 1 saturated heterocycles. The molecule has 184 valence electrons. The number of ether oxygens (including phenoxy) is 1. The molecule has 3 atom stereocenters. The van der Waals surface area contributed by atoms with Crippen LogP contribution < -0.4 is 15.0 Å². The molecule has 3 unspecified atom stereocenters. The topological polar surface area (TPSA) is 72.3 Å². The number of benzene rings is 2. The number of alkyl halides is 3. The van der Waals surface area contributed by atoms with E-state index in [2.05, 4.69) is 15.6 Å². The first-order chi connectivity index (χ1) is 16.6. The summed E-state index contributed by atoms with van der Waals surface area (Å²) in [5.41, 5.74) is 0.714. The number of amides is 1. The summed E-state index contributed by atoms with van der Waals surface area (Å²) >= 11 is 0. The van der Waals surface area contributed by atoms with Gasteiger partial charge in [0, 0.05) is 25.0 Å². The van der Waals surface area contributed by atoms with E-state index in [9.17, 15) is 18.0 Å². The van der Waals surface area contributed by atoms with Crippen molar-refractivity contribution in [1.29, 1.82) is 0 Å². The van der Waals surface area contributed by atoms with E-state index in [1.165, 1.54) is 11.0 Å². The quantitative estimate of drug-likeness (QED) is 0.602. The monoisotopic (exact) mass is 485 g/mol. The highest BCUT2D eigenvalue weighted by atomic mass is 19.4. The first-order valence-electron chi connectivity index (χ1n) is 11.4. The van der Waals surface area contributed by atoms with Crippen LogP contribution in [-0.2, 0) is 30.0 Å². The molecule has 2 aromatic carbocycles. The van der Waals surface area contributed by atoms with Crippen molar-refractivity contribution < 1.29 is 22.7 Å². The molecule has 1 amide bonds. The number of nitrogens with one attached hydrogen (secondary N) is 1. The van der Waals surface area contributed by atoms with E-state index < -0.39 is 17.2 Å². The lowest BCUT2D eigenvalue weighted by molar-refractivity contribution is -0.137. The van der Waals surface area contributed by atoms with Gasteiger partial charge in [0.15, 0.2) is 0 Å². The molecule has 1 aromatic heterocycles. The van der Waals surface area contributed by atoms with Crippen molar-refractivity contribution in [2.24, 2.45) is 7.05 Å². The highest BCUT2D eigenvalue weighted by Crippen LogP contribution is 2.52. The Bertz CT molecular complexity index is 1260. The van der Waals surface area contributed by atoms with Crippen LogP contribution in [0.3, 0.4) is 0 Å². The third-order valence-electron chi connectivity index (χ3n) is 6.96. The summed E-state index contributed by atoms with van der Waals surface area (Å²) in [6, 6.07) is 10.5. The first-order valence-corrected chi connectivity index (χ1v) is 11.4. The van der Waals surface area contributed by atoms with Crippen LogP contribution in [0.25, 0.3) is 0 Å². The summed E-state index contributed by atoms with van der Waals surface area (Å²) in [4.78, 5) is 15.6. The fourth-order valence-electron chi connectivity index (χ4n) is 5.41. The summed E-state index contributed by atoms with van der Waals surface area (Å²) < 4.78 is 47.7. The third kappa shape index (κ3) is 4.05. The highest BCUT2D eigenvalue weighted by molar-refractivity contribution is 6.08. The molecule has 2 aliphatic rings. The van der Waals surface area contributed by atoms with Crippen LogP contribution in [0.4, 0.5) is 18.9 Å². The van der Waals surface area contributed by atoms with Crippen LogP contribution in [0, 0.1) is 0 Å². The normalized spacial score (nSPS) is 24.2. The van der Waals surface area contributed by atoms with Crippen LogP contribution in [-0.4, -0.2) is 34.1 Å². The van der Waals surface area contributed by atoms with Gasteiger partial charge < -0.3 is 15.0 Å². The number of anilines is 1. The summed E-state index contributed by atoms with van der Waals surface area (Å²) in [6.07, 6.45) is -1.86. The van der Waals surface area contributed by atoms with E-state index in [0.717, 1.165) is 17.7 Å². The van der Waals surface area contributed by atoms with Gasteiger partial charge in [-0.2, -0.15) is 13.2 Å². The second-order valence-electron chi connectivity index (χ2n) is 9.40. The highest BCUT2D eigenvalue weighted by Gasteiger charge is 2.55. The molecule has 0 aliphatic carbocycles. The Kier molecular flexibility index (Phi) is 5.58. The lowest BCUT2D eigenvalue weighted by Crippen LogP contribution is -2.51. The van der Waals surface area contributed by atoms with Crippen molar-refractivity contribution in [3.05, 3.63) is 71.0 Å². The number of fused-ring (bicyclic) bond motifs is 2. The zero-order valence-electron chi connectivity index (χ0n) is 19.6.